The molecule has 0 spiro atoms. The van der Waals surface area contributed by atoms with Gasteiger partial charge in [-0.2, -0.15) is 5.10 Å². The highest BCUT2D eigenvalue weighted by Crippen LogP contribution is 2.22. The zero-order valence-corrected chi connectivity index (χ0v) is 17.1. The second-order valence-corrected chi connectivity index (χ2v) is 8.29. The number of benzene rings is 1. The Morgan fingerprint density at radius 1 is 1.36 bits per heavy atom. The molecule has 1 aliphatic heterocycles. The van der Waals surface area contributed by atoms with Gasteiger partial charge in [0.1, 0.15) is 11.9 Å². The minimum Gasteiger partial charge on any atom is -0.493 e. The number of halogens is 1. The lowest BCUT2D eigenvalue weighted by Crippen LogP contribution is -2.46. The van der Waals surface area contributed by atoms with E-state index >= 15 is 0 Å². The van der Waals surface area contributed by atoms with Crippen LogP contribution in [0.4, 0.5) is 4.79 Å². The van der Waals surface area contributed by atoms with Crippen molar-refractivity contribution in [2.75, 3.05) is 19.8 Å². The lowest BCUT2D eigenvalue weighted by Gasteiger charge is -2.32. The van der Waals surface area contributed by atoms with E-state index in [0.717, 1.165) is 11.4 Å². The molecule has 2 atom stereocenters. The van der Waals surface area contributed by atoms with E-state index < -0.39 is 6.09 Å². The minimum atomic E-state index is -0.411. The monoisotopic (exact) mass is 407 g/mol. The van der Waals surface area contributed by atoms with E-state index in [0.29, 0.717) is 31.3 Å². The number of nitrogens with one attached hydrogen (secondary N) is 1. The molecule has 0 saturated carbocycles. The van der Waals surface area contributed by atoms with Crippen molar-refractivity contribution in [1.82, 2.24) is 15.1 Å². The molecule has 1 aromatic heterocycles. The molecule has 1 aromatic carbocycles. The van der Waals surface area contributed by atoms with Crippen LogP contribution in [0.15, 0.2) is 36.7 Å². The number of rotatable bonds is 5. The number of aromatic nitrogens is 2. The Balaban J connectivity index is 1.55. The van der Waals surface area contributed by atoms with Crippen LogP contribution in [0.5, 0.6) is 5.75 Å². The molecule has 1 fully saturated rings. The molecule has 1 N–H and O–H groups in total. The first-order chi connectivity index (χ1) is 13.3. The first-order valence-corrected chi connectivity index (χ1v) is 9.68. The predicted octanol–water partition coefficient (Wildman–Crippen LogP) is 3.83. The van der Waals surface area contributed by atoms with Gasteiger partial charge in [0.05, 0.1) is 42.6 Å². The van der Waals surface area contributed by atoms with Crippen molar-refractivity contribution < 1.29 is 19.0 Å². The van der Waals surface area contributed by atoms with Gasteiger partial charge < -0.3 is 19.5 Å². The topological polar surface area (TPSA) is 74.6 Å². The van der Waals surface area contributed by atoms with Gasteiger partial charge in [0.2, 0.25) is 0 Å². The average molecular weight is 408 g/mol. The van der Waals surface area contributed by atoms with Gasteiger partial charge in [-0.3, -0.25) is 0 Å². The van der Waals surface area contributed by atoms with Crippen LogP contribution in [0.1, 0.15) is 27.2 Å². The average Bonchev–Trinajstić information content (AvgIpc) is 3.06. The summed E-state index contributed by atoms with van der Waals surface area (Å²) in [6, 6.07) is 7.55. The summed E-state index contributed by atoms with van der Waals surface area (Å²) in [6.45, 7) is 7.22. The van der Waals surface area contributed by atoms with Crippen molar-refractivity contribution in [1.29, 1.82) is 0 Å². The van der Waals surface area contributed by atoms with Crippen molar-refractivity contribution in [2.45, 2.75) is 38.8 Å². The van der Waals surface area contributed by atoms with Gasteiger partial charge in [0.25, 0.3) is 0 Å². The Morgan fingerprint density at radius 2 is 2.11 bits per heavy atom. The maximum Gasteiger partial charge on any atom is 0.407 e. The second-order valence-electron chi connectivity index (χ2n) is 7.85. The van der Waals surface area contributed by atoms with E-state index in [1.807, 2.05) is 45.0 Å². The SMILES string of the molecule is CC(C)(C)NC(=O)O[C@H]1CCOC[C@@H]1COc1ccc(-n2cc(Cl)cn2)cc1. The highest BCUT2D eigenvalue weighted by atomic mass is 35.5. The Hall–Kier alpha value is -2.25. The van der Waals surface area contributed by atoms with Crippen molar-refractivity contribution in [3.63, 3.8) is 0 Å². The number of amides is 1. The van der Waals surface area contributed by atoms with Crippen LogP contribution in [0.3, 0.4) is 0 Å². The normalized spacial score (nSPS) is 19.9. The zero-order valence-electron chi connectivity index (χ0n) is 16.4. The third-order valence-corrected chi connectivity index (χ3v) is 4.45. The highest BCUT2D eigenvalue weighted by Gasteiger charge is 2.30. The van der Waals surface area contributed by atoms with Crippen molar-refractivity contribution >= 4 is 17.7 Å². The van der Waals surface area contributed by atoms with Crippen LogP contribution in [0.2, 0.25) is 5.02 Å². The number of carbonyl (C=O) groups excluding carboxylic acids is 1. The van der Waals surface area contributed by atoms with E-state index in [1.54, 1.807) is 17.1 Å². The van der Waals surface area contributed by atoms with E-state index in [4.69, 9.17) is 25.8 Å². The van der Waals surface area contributed by atoms with E-state index in [1.165, 1.54) is 0 Å². The molecule has 3 rings (SSSR count). The number of hydrogen-bond donors (Lipinski definition) is 1. The summed E-state index contributed by atoms with van der Waals surface area (Å²) in [7, 11) is 0. The highest BCUT2D eigenvalue weighted by molar-refractivity contribution is 6.30. The number of nitrogens with zero attached hydrogens (tertiary/aromatic N) is 2. The zero-order chi connectivity index (χ0) is 20.1. The molecule has 1 amide bonds. The fraction of sp³-hybridized carbons (Fsp3) is 0.500. The molecule has 0 unspecified atom stereocenters. The summed E-state index contributed by atoms with van der Waals surface area (Å²) in [4.78, 5) is 12.1. The van der Waals surface area contributed by atoms with Crippen LogP contribution in [-0.4, -0.2) is 47.3 Å². The predicted molar refractivity (Wildman–Crippen MR) is 106 cm³/mol. The summed E-state index contributed by atoms with van der Waals surface area (Å²) < 4.78 is 18.8. The molecule has 2 heterocycles. The van der Waals surface area contributed by atoms with Gasteiger partial charge in [-0.25, -0.2) is 9.48 Å². The lowest BCUT2D eigenvalue weighted by molar-refractivity contribution is -0.0569. The van der Waals surface area contributed by atoms with Crippen LogP contribution >= 0.6 is 11.6 Å². The molecule has 2 aromatic rings. The molecule has 28 heavy (non-hydrogen) atoms. The quantitative estimate of drug-likeness (QED) is 0.815. The van der Waals surface area contributed by atoms with Crippen LogP contribution in [-0.2, 0) is 9.47 Å². The maximum atomic E-state index is 12.1. The first kappa shape index (κ1) is 20.5. The van der Waals surface area contributed by atoms with Crippen molar-refractivity contribution in [2.24, 2.45) is 5.92 Å². The van der Waals surface area contributed by atoms with Crippen LogP contribution in [0.25, 0.3) is 5.69 Å². The maximum absolute atomic E-state index is 12.1. The molecule has 152 valence electrons. The van der Waals surface area contributed by atoms with Crippen LogP contribution < -0.4 is 10.1 Å². The Bertz CT molecular complexity index is 785. The van der Waals surface area contributed by atoms with Gasteiger partial charge in [-0.05, 0) is 45.0 Å². The largest absolute Gasteiger partial charge is 0.493 e. The smallest absolute Gasteiger partial charge is 0.407 e. The summed E-state index contributed by atoms with van der Waals surface area (Å²) in [5.41, 5.74) is 0.551. The second kappa shape index (κ2) is 8.84. The molecule has 8 heteroatoms. The Morgan fingerprint density at radius 3 is 2.75 bits per heavy atom. The van der Waals surface area contributed by atoms with E-state index in [2.05, 4.69) is 10.4 Å². The molecular formula is C20H26ClN3O4. The van der Waals surface area contributed by atoms with E-state index in [9.17, 15) is 4.79 Å². The summed E-state index contributed by atoms with van der Waals surface area (Å²) >= 11 is 5.90. The third-order valence-electron chi connectivity index (χ3n) is 4.26. The molecule has 1 saturated heterocycles. The number of hydrogen-bond acceptors (Lipinski definition) is 5. The van der Waals surface area contributed by atoms with E-state index in [-0.39, 0.29) is 17.6 Å². The Kier molecular flexibility index (Phi) is 6.46. The molecule has 1 aliphatic rings. The molecule has 7 nitrogen and oxygen atoms in total. The van der Waals surface area contributed by atoms with Gasteiger partial charge in [0.15, 0.2) is 0 Å². The minimum absolute atomic E-state index is 0.0240. The summed E-state index contributed by atoms with van der Waals surface area (Å²) in [6.07, 6.45) is 3.34. The molecule has 0 bridgehead atoms. The molecule has 0 radical (unpaired) electrons. The fourth-order valence-corrected chi connectivity index (χ4v) is 3.04. The number of alkyl carbamates (subject to hydrolysis) is 1. The van der Waals surface area contributed by atoms with Crippen molar-refractivity contribution in [3.05, 3.63) is 41.7 Å². The third kappa shape index (κ3) is 5.87. The number of carbonyl (C=O) groups is 1. The molecule has 0 aliphatic carbocycles. The van der Waals surface area contributed by atoms with Crippen molar-refractivity contribution in [3.8, 4) is 11.4 Å². The van der Waals surface area contributed by atoms with Gasteiger partial charge in [-0.15, -0.1) is 0 Å². The van der Waals surface area contributed by atoms with Gasteiger partial charge in [-0.1, -0.05) is 11.6 Å². The standard InChI is InChI=1S/C20H26ClN3O4/c1-20(2,3)23-19(25)28-18-8-9-26-12-14(18)13-27-17-6-4-16(5-7-17)24-11-15(21)10-22-24/h4-7,10-11,14,18H,8-9,12-13H2,1-3H3,(H,23,25)/t14-,18+/m1/s1. The Labute approximate surface area is 169 Å². The number of ether oxygens (including phenoxy) is 3. The fourth-order valence-electron chi connectivity index (χ4n) is 2.90. The molecular weight excluding hydrogens is 382 g/mol. The summed E-state index contributed by atoms with van der Waals surface area (Å²) in [5.74, 6) is 0.703. The van der Waals surface area contributed by atoms with Gasteiger partial charge >= 0.3 is 6.09 Å². The first-order valence-electron chi connectivity index (χ1n) is 9.30. The summed E-state index contributed by atoms with van der Waals surface area (Å²) in [5, 5.41) is 7.58. The van der Waals surface area contributed by atoms with Gasteiger partial charge in [0, 0.05) is 18.2 Å². The lowest BCUT2D eigenvalue weighted by atomic mass is 9.99. The van der Waals surface area contributed by atoms with Crippen LogP contribution in [0, 0.1) is 5.92 Å².